The van der Waals surface area contributed by atoms with Crippen LogP contribution in [-0.2, 0) is 16.4 Å². The molecule has 0 spiro atoms. The van der Waals surface area contributed by atoms with Crippen LogP contribution in [0, 0.1) is 13.8 Å². The lowest BCUT2D eigenvalue weighted by Crippen LogP contribution is -2.14. The van der Waals surface area contributed by atoms with Crippen LogP contribution in [0.3, 0.4) is 0 Å². The van der Waals surface area contributed by atoms with Crippen molar-refractivity contribution in [3.05, 3.63) is 53.1 Å². The first-order valence-electron chi connectivity index (χ1n) is 6.73. The van der Waals surface area contributed by atoms with Crippen LogP contribution in [-0.4, -0.2) is 8.42 Å². The molecule has 0 aliphatic carbocycles. The third-order valence-corrected chi connectivity index (χ3v) is 4.52. The molecule has 2 aromatic carbocycles. The fourth-order valence-corrected chi connectivity index (χ4v) is 3.07. The molecule has 112 valence electrons. The molecule has 2 aromatic rings. The summed E-state index contributed by atoms with van der Waals surface area (Å²) in [7, 11) is -3.76. The number of ether oxygens (including phenoxy) is 1. The van der Waals surface area contributed by atoms with Crippen molar-refractivity contribution in [3.63, 3.8) is 0 Å². The number of primary sulfonamides is 1. The maximum atomic E-state index is 11.7. The first-order valence-corrected chi connectivity index (χ1v) is 8.28. The van der Waals surface area contributed by atoms with Gasteiger partial charge in [-0.2, -0.15) is 0 Å². The molecule has 0 fully saturated rings. The second kappa shape index (κ2) is 5.87. The van der Waals surface area contributed by atoms with Crippen LogP contribution < -0.4 is 9.88 Å². The zero-order valence-corrected chi connectivity index (χ0v) is 13.2. The molecule has 2 N–H and O–H groups in total. The lowest BCUT2D eigenvalue weighted by Gasteiger charge is -2.15. The molecule has 0 saturated carbocycles. The summed E-state index contributed by atoms with van der Waals surface area (Å²) in [5, 5.41) is 5.27. The van der Waals surface area contributed by atoms with Gasteiger partial charge in [-0.15, -0.1) is 0 Å². The molecule has 0 bridgehead atoms. The van der Waals surface area contributed by atoms with E-state index in [2.05, 4.69) is 0 Å². The summed E-state index contributed by atoms with van der Waals surface area (Å²) in [5.74, 6) is 1.24. The Kier molecular flexibility index (Phi) is 4.34. The van der Waals surface area contributed by atoms with E-state index in [1.807, 2.05) is 39.0 Å². The summed E-state index contributed by atoms with van der Waals surface area (Å²) in [4.78, 5) is 0.118. The van der Waals surface area contributed by atoms with E-state index < -0.39 is 10.0 Å². The Labute approximate surface area is 125 Å². The molecule has 0 radical (unpaired) electrons. The van der Waals surface area contributed by atoms with Crippen LogP contribution in [0.2, 0.25) is 0 Å². The van der Waals surface area contributed by atoms with Crippen LogP contribution in [0.1, 0.15) is 23.6 Å². The van der Waals surface area contributed by atoms with Crippen molar-refractivity contribution in [1.82, 2.24) is 0 Å². The normalized spacial score (nSPS) is 11.4. The van der Waals surface area contributed by atoms with Crippen molar-refractivity contribution in [3.8, 4) is 11.5 Å². The minimum Gasteiger partial charge on any atom is -0.457 e. The minimum absolute atomic E-state index is 0.118. The fraction of sp³-hybridized carbons (Fsp3) is 0.250. The monoisotopic (exact) mass is 305 g/mol. The maximum Gasteiger partial charge on any atom is 0.238 e. The Hall–Kier alpha value is -1.85. The molecule has 21 heavy (non-hydrogen) atoms. The molecule has 0 saturated heterocycles. The van der Waals surface area contributed by atoms with Gasteiger partial charge in [-0.25, -0.2) is 13.6 Å². The molecular weight excluding hydrogens is 286 g/mol. The van der Waals surface area contributed by atoms with Gasteiger partial charge in [0.15, 0.2) is 0 Å². The third-order valence-electron chi connectivity index (χ3n) is 3.52. The summed E-state index contributed by atoms with van der Waals surface area (Å²) in [5.41, 5.74) is 2.75. The second-order valence-corrected chi connectivity index (χ2v) is 6.46. The third kappa shape index (κ3) is 3.25. The average Bonchev–Trinajstić information content (AvgIpc) is 2.42. The van der Waals surface area contributed by atoms with E-state index in [-0.39, 0.29) is 4.90 Å². The van der Waals surface area contributed by atoms with Crippen molar-refractivity contribution in [1.29, 1.82) is 0 Å². The number of sulfonamides is 1. The lowest BCUT2D eigenvalue weighted by atomic mass is 10.1. The van der Waals surface area contributed by atoms with Crippen molar-refractivity contribution in [2.75, 3.05) is 0 Å². The summed E-state index contributed by atoms with van der Waals surface area (Å²) in [6.07, 6.45) is 0.521. The topological polar surface area (TPSA) is 69.4 Å². The Morgan fingerprint density at radius 3 is 2.29 bits per heavy atom. The van der Waals surface area contributed by atoms with Gasteiger partial charge in [-0.05, 0) is 49.6 Å². The van der Waals surface area contributed by atoms with E-state index in [4.69, 9.17) is 9.88 Å². The Balaban J connectivity index is 2.53. The number of rotatable bonds is 4. The van der Waals surface area contributed by atoms with Gasteiger partial charge in [0.1, 0.15) is 11.5 Å². The van der Waals surface area contributed by atoms with Gasteiger partial charge in [-0.3, -0.25) is 0 Å². The predicted octanol–water partition coefficient (Wildman–Crippen LogP) is 3.31. The number of aryl methyl sites for hydroxylation is 1. The van der Waals surface area contributed by atoms with E-state index in [9.17, 15) is 8.42 Å². The summed E-state index contributed by atoms with van der Waals surface area (Å²) in [6.45, 7) is 5.85. The number of hydrogen-bond donors (Lipinski definition) is 1. The van der Waals surface area contributed by atoms with Gasteiger partial charge in [0.25, 0.3) is 0 Å². The highest BCUT2D eigenvalue weighted by molar-refractivity contribution is 7.89. The first kappa shape index (κ1) is 15.5. The molecule has 5 heteroatoms. The zero-order valence-electron chi connectivity index (χ0n) is 12.4. The average molecular weight is 305 g/mol. The van der Waals surface area contributed by atoms with Crippen LogP contribution >= 0.6 is 0 Å². The Bertz CT molecular complexity index is 767. The summed E-state index contributed by atoms with van der Waals surface area (Å²) >= 11 is 0. The van der Waals surface area contributed by atoms with Gasteiger partial charge in [0.2, 0.25) is 10.0 Å². The van der Waals surface area contributed by atoms with E-state index in [1.165, 1.54) is 6.07 Å². The quantitative estimate of drug-likeness (QED) is 0.942. The molecule has 0 aliphatic heterocycles. The largest absolute Gasteiger partial charge is 0.457 e. The van der Waals surface area contributed by atoms with Crippen LogP contribution in [0.4, 0.5) is 0 Å². The lowest BCUT2D eigenvalue weighted by molar-refractivity contribution is 0.470. The Morgan fingerprint density at radius 1 is 1.05 bits per heavy atom. The predicted molar refractivity (Wildman–Crippen MR) is 83.2 cm³/mol. The molecular formula is C16H19NO3S. The highest BCUT2D eigenvalue weighted by Crippen LogP contribution is 2.32. The van der Waals surface area contributed by atoms with E-state index in [0.29, 0.717) is 17.7 Å². The summed E-state index contributed by atoms with van der Waals surface area (Å²) in [6, 6.07) is 10.7. The summed E-state index contributed by atoms with van der Waals surface area (Å²) < 4.78 is 29.2. The minimum atomic E-state index is -3.76. The van der Waals surface area contributed by atoms with E-state index in [1.54, 1.807) is 12.1 Å². The van der Waals surface area contributed by atoms with Crippen molar-refractivity contribution in [2.45, 2.75) is 32.1 Å². The fourth-order valence-electron chi connectivity index (χ4n) is 2.21. The van der Waals surface area contributed by atoms with Crippen molar-refractivity contribution >= 4 is 10.0 Å². The van der Waals surface area contributed by atoms with Gasteiger partial charge >= 0.3 is 0 Å². The van der Waals surface area contributed by atoms with Crippen molar-refractivity contribution < 1.29 is 13.2 Å². The highest BCUT2D eigenvalue weighted by Gasteiger charge is 2.17. The van der Waals surface area contributed by atoms with Gasteiger partial charge < -0.3 is 4.74 Å². The van der Waals surface area contributed by atoms with E-state index >= 15 is 0 Å². The van der Waals surface area contributed by atoms with Crippen LogP contribution in [0.25, 0.3) is 0 Å². The molecule has 4 nitrogen and oxygen atoms in total. The highest BCUT2D eigenvalue weighted by atomic mass is 32.2. The Morgan fingerprint density at radius 2 is 1.67 bits per heavy atom. The van der Waals surface area contributed by atoms with Gasteiger partial charge in [0.05, 0.1) is 4.90 Å². The van der Waals surface area contributed by atoms with Crippen molar-refractivity contribution in [2.24, 2.45) is 5.14 Å². The van der Waals surface area contributed by atoms with E-state index in [0.717, 1.165) is 16.9 Å². The number of benzene rings is 2. The van der Waals surface area contributed by atoms with Crippen LogP contribution in [0.5, 0.6) is 11.5 Å². The number of hydrogen-bond acceptors (Lipinski definition) is 3. The van der Waals surface area contributed by atoms with Crippen LogP contribution in [0.15, 0.2) is 41.3 Å². The van der Waals surface area contributed by atoms with Gasteiger partial charge in [0, 0.05) is 5.56 Å². The van der Waals surface area contributed by atoms with Gasteiger partial charge in [-0.1, -0.05) is 25.1 Å². The molecule has 0 heterocycles. The first-order chi connectivity index (χ1) is 9.84. The zero-order chi connectivity index (χ0) is 15.6. The number of nitrogens with two attached hydrogens (primary N) is 1. The smallest absolute Gasteiger partial charge is 0.238 e. The maximum absolute atomic E-state index is 11.7. The molecule has 0 aromatic heterocycles. The SMILES string of the molecule is CCc1c(Oc2cccc(C)c2C)cccc1S(N)(=O)=O. The molecule has 0 amide bonds. The molecule has 0 unspecified atom stereocenters. The molecule has 2 rings (SSSR count). The molecule has 0 aliphatic rings. The molecule has 0 atom stereocenters. The standard InChI is InChI=1S/C16H19NO3S/c1-4-13-15(9-6-10-16(13)21(17,18)19)20-14-8-5-7-11(2)12(14)3/h5-10H,4H2,1-3H3,(H2,17,18,19). The second-order valence-electron chi connectivity index (χ2n) is 4.93.